The Balaban J connectivity index is 0. The molecular weight excluding hydrogens is 126 g/mol. The van der Waals surface area contributed by atoms with Gasteiger partial charge in [-0.2, -0.15) is 0 Å². The molecule has 0 aromatic heterocycles. The number of carbonyl (C=O) groups excluding carboxylic acids is 1. The molecule has 54 valence electrons. The molecule has 0 aliphatic heterocycles. The minimum Gasteiger partial charge on any atom is -0.449 e. The van der Waals surface area contributed by atoms with E-state index in [1.807, 2.05) is 0 Å². The van der Waals surface area contributed by atoms with Crippen molar-refractivity contribution in [3.8, 4) is 0 Å². The van der Waals surface area contributed by atoms with Crippen LogP contribution >= 0.6 is 0 Å². The fraction of sp³-hybridized carbons (Fsp3) is 0.500. The highest BCUT2D eigenvalue weighted by atomic mass is 16.7. The van der Waals surface area contributed by atoms with E-state index in [9.17, 15) is 9.59 Å². The second-order valence-corrected chi connectivity index (χ2v) is 1.09. The Morgan fingerprint density at radius 3 is 2.11 bits per heavy atom. The van der Waals surface area contributed by atoms with Gasteiger partial charge in [0, 0.05) is 6.42 Å². The minimum absolute atomic E-state index is 0. The lowest BCUT2D eigenvalue weighted by atomic mass is 10.5. The summed E-state index contributed by atoms with van der Waals surface area (Å²) in [4.78, 5) is 19.5. The number of carboxylic acid groups (broad SMARTS) is 1. The van der Waals surface area contributed by atoms with Crippen molar-refractivity contribution in [3.63, 3.8) is 0 Å². The lowest BCUT2D eigenvalue weighted by Gasteiger charge is -1.90. The van der Waals surface area contributed by atoms with Crippen LogP contribution < -0.4 is 6.15 Å². The predicted molar refractivity (Wildman–Crippen MR) is 29.4 cm³/mol. The molecule has 0 aliphatic rings. The van der Waals surface area contributed by atoms with E-state index < -0.39 is 12.1 Å². The fourth-order valence-corrected chi connectivity index (χ4v) is 0.170. The Morgan fingerprint density at radius 1 is 1.56 bits per heavy atom. The molecular formula is C4H9NO4. The zero-order chi connectivity index (χ0) is 6.57. The molecule has 0 aromatic rings. The third-order valence-electron chi connectivity index (χ3n) is 0.490. The number of carbonyl (C=O) groups is 2. The van der Waals surface area contributed by atoms with Gasteiger partial charge < -0.3 is 16.0 Å². The maximum Gasteiger partial charge on any atom is 0.513 e. The van der Waals surface area contributed by atoms with E-state index in [2.05, 4.69) is 4.74 Å². The standard InChI is InChI=1S/C4H6O4.H3N/c1-2-3(5)8-4(6)7;/h2H2,1H3,(H,6,7);1H3. The first kappa shape index (κ1) is 10.8. The number of ether oxygens (including phenoxy) is 1. The summed E-state index contributed by atoms with van der Waals surface area (Å²) in [5.74, 6) is -0.725. The molecule has 5 nitrogen and oxygen atoms in total. The van der Waals surface area contributed by atoms with Crippen molar-refractivity contribution in [2.45, 2.75) is 13.3 Å². The van der Waals surface area contributed by atoms with Crippen molar-refractivity contribution in [1.82, 2.24) is 6.15 Å². The number of rotatable bonds is 1. The van der Waals surface area contributed by atoms with Crippen molar-refractivity contribution >= 4 is 12.1 Å². The van der Waals surface area contributed by atoms with Gasteiger partial charge in [-0.1, -0.05) is 6.92 Å². The van der Waals surface area contributed by atoms with Crippen LogP contribution in [0.15, 0.2) is 0 Å². The lowest BCUT2D eigenvalue weighted by Crippen LogP contribution is -2.07. The first-order chi connectivity index (χ1) is 3.66. The van der Waals surface area contributed by atoms with E-state index in [-0.39, 0.29) is 12.6 Å². The highest BCUT2D eigenvalue weighted by Crippen LogP contribution is 1.82. The van der Waals surface area contributed by atoms with E-state index in [1.165, 1.54) is 6.92 Å². The quantitative estimate of drug-likeness (QED) is 0.408. The molecule has 0 saturated carbocycles. The van der Waals surface area contributed by atoms with Gasteiger partial charge in [0.15, 0.2) is 0 Å². The third kappa shape index (κ3) is 6.90. The second kappa shape index (κ2) is 5.04. The van der Waals surface area contributed by atoms with Crippen LogP contribution in [0.2, 0.25) is 0 Å². The first-order valence-corrected chi connectivity index (χ1v) is 2.10. The second-order valence-electron chi connectivity index (χ2n) is 1.09. The fourth-order valence-electron chi connectivity index (χ4n) is 0.170. The monoisotopic (exact) mass is 135 g/mol. The summed E-state index contributed by atoms with van der Waals surface area (Å²) in [5.41, 5.74) is 0. The summed E-state index contributed by atoms with van der Waals surface area (Å²) in [6, 6.07) is 0. The minimum atomic E-state index is -1.54. The van der Waals surface area contributed by atoms with E-state index in [1.54, 1.807) is 0 Å². The summed E-state index contributed by atoms with van der Waals surface area (Å²) in [5, 5.41) is 7.77. The van der Waals surface area contributed by atoms with Crippen LogP contribution in [0.25, 0.3) is 0 Å². The lowest BCUT2D eigenvalue weighted by molar-refractivity contribution is -0.138. The molecule has 0 unspecified atom stereocenters. The molecule has 5 heteroatoms. The van der Waals surface area contributed by atoms with Crippen LogP contribution in [-0.4, -0.2) is 17.2 Å². The number of esters is 1. The Hall–Kier alpha value is -1.10. The summed E-state index contributed by atoms with van der Waals surface area (Å²) in [6.45, 7) is 1.52. The third-order valence-corrected chi connectivity index (χ3v) is 0.490. The average molecular weight is 135 g/mol. The van der Waals surface area contributed by atoms with Gasteiger partial charge in [0.2, 0.25) is 0 Å². The largest absolute Gasteiger partial charge is 0.513 e. The van der Waals surface area contributed by atoms with Crippen LogP contribution in [0, 0.1) is 0 Å². The molecule has 0 atom stereocenters. The van der Waals surface area contributed by atoms with Crippen LogP contribution in [0.3, 0.4) is 0 Å². The van der Waals surface area contributed by atoms with Crippen molar-refractivity contribution in [3.05, 3.63) is 0 Å². The molecule has 0 radical (unpaired) electrons. The highest BCUT2D eigenvalue weighted by molar-refractivity contribution is 5.80. The highest BCUT2D eigenvalue weighted by Gasteiger charge is 2.02. The number of hydrogen-bond acceptors (Lipinski definition) is 4. The SMILES string of the molecule is CCC(=O)OC(=O)O.N. The van der Waals surface area contributed by atoms with Crippen molar-refractivity contribution in [2.75, 3.05) is 0 Å². The molecule has 0 spiro atoms. The summed E-state index contributed by atoms with van der Waals surface area (Å²) >= 11 is 0. The molecule has 0 bridgehead atoms. The van der Waals surface area contributed by atoms with Crippen LogP contribution in [0.1, 0.15) is 13.3 Å². The van der Waals surface area contributed by atoms with Gasteiger partial charge >= 0.3 is 12.1 Å². The molecule has 0 rings (SSSR count). The zero-order valence-corrected chi connectivity index (χ0v) is 5.09. The van der Waals surface area contributed by atoms with Crippen LogP contribution in [0.5, 0.6) is 0 Å². The van der Waals surface area contributed by atoms with Crippen molar-refractivity contribution in [1.29, 1.82) is 0 Å². The van der Waals surface area contributed by atoms with E-state index >= 15 is 0 Å². The average Bonchev–Trinajstić information content (AvgIpc) is 1.65. The van der Waals surface area contributed by atoms with E-state index in [0.717, 1.165) is 0 Å². The Labute approximate surface area is 52.2 Å². The van der Waals surface area contributed by atoms with Crippen molar-refractivity contribution < 1.29 is 19.4 Å². The number of hydrogen-bond donors (Lipinski definition) is 2. The molecule has 9 heavy (non-hydrogen) atoms. The Kier molecular flexibility index (Phi) is 6.06. The zero-order valence-electron chi connectivity index (χ0n) is 5.09. The summed E-state index contributed by atoms with van der Waals surface area (Å²) < 4.78 is 3.68. The Morgan fingerprint density at radius 2 is 2.00 bits per heavy atom. The smallest absolute Gasteiger partial charge is 0.449 e. The predicted octanol–water partition coefficient (Wildman–Crippen LogP) is 0.780. The van der Waals surface area contributed by atoms with Crippen molar-refractivity contribution in [2.24, 2.45) is 0 Å². The van der Waals surface area contributed by atoms with E-state index in [4.69, 9.17) is 5.11 Å². The van der Waals surface area contributed by atoms with Crippen LogP contribution in [-0.2, 0) is 9.53 Å². The molecule has 0 aromatic carbocycles. The van der Waals surface area contributed by atoms with Gasteiger partial charge in [0.25, 0.3) is 0 Å². The normalized spacial score (nSPS) is 7.22. The van der Waals surface area contributed by atoms with Gasteiger partial charge in [0.1, 0.15) is 0 Å². The van der Waals surface area contributed by atoms with E-state index in [0.29, 0.717) is 0 Å². The Bertz CT molecular complexity index is 111. The van der Waals surface area contributed by atoms with Gasteiger partial charge in [-0.15, -0.1) is 0 Å². The van der Waals surface area contributed by atoms with Gasteiger partial charge in [-0.3, -0.25) is 4.79 Å². The van der Waals surface area contributed by atoms with Gasteiger partial charge in [-0.25, -0.2) is 4.79 Å². The molecule has 0 saturated heterocycles. The molecule has 0 heterocycles. The molecule has 0 amide bonds. The molecule has 0 aliphatic carbocycles. The maximum atomic E-state index is 10.0. The van der Waals surface area contributed by atoms with Crippen LogP contribution in [0.4, 0.5) is 4.79 Å². The first-order valence-electron chi connectivity index (χ1n) is 2.10. The topological polar surface area (TPSA) is 98.6 Å². The summed E-state index contributed by atoms with van der Waals surface area (Å²) in [6.07, 6.45) is -1.45. The van der Waals surface area contributed by atoms with Gasteiger partial charge in [0.05, 0.1) is 0 Å². The summed E-state index contributed by atoms with van der Waals surface area (Å²) in [7, 11) is 0. The van der Waals surface area contributed by atoms with Gasteiger partial charge in [-0.05, 0) is 0 Å². The maximum absolute atomic E-state index is 10.0. The molecule has 4 N–H and O–H groups in total. The molecule has 0 fully saturated rings.